The van der Waals surface area contributed by atoms with Gasteiger partial charge in [-0.15, -0.1) is 5.43 Å². The van der Waals surface area contributed by atoms with Crippen molar-refractivity contribution in [3.63, 3.8) is 0 Å². The summed E-state index contributed by atoms with van der Waals surface area (Å²) < 4.78 is 0. The van der Waals surface area contributed by atoms with E-state index in [1.54, 1.807) is 0 Å². The summed E-state index contributed by atoms with van der Waals surface area (Å²) >= 11 is 0. The molecule has 71 valence electrons. The molecule has 0 spiro atoms. The molecule has 0 aliphatic carbocycles. The fourth-order valence-corrected chi connectivity index (χ4v) is 1.56. The third kappa shape index (κ3) is 1.83. The van der Waals surface area contributed by atoms with E-state index < -0.39 is 0 Å². The van der Waals surface area contributed by atoms with E-state index in [1.807, 2.05) is 13.0 Å². The Bertz CT molecular complexity index is 248. The van der Waals surface area contributed by atoms with Gasteiger partial charge in [0.05, 0.1) is 5.71 Å². The molecular formula is C9H15N4. The predicted octanol–water partition coefficient (Wildman–Crippen LogP) is 0.0691. The Morgan fingerprint density at radius 1 is 1.23 bits per heavy atom. The monoisotopic (exact) mass is 179 g/mol. The topological polar surface area (TPSA) is 32.9 Å². The van der Waals surface area contributed by atoms with Crippen LogP contribution in [0.2, 0.25) is 0 Å². The first-order valence-electron chi connectivity index (χ1n) is 4.66. The van der Waals surface area contributed by atoms with Gasteiger partial charge in [0, 0.05) is 32.3 Å². The largest absolute Gasteiger partial charge is 0.353 e. The zero-order valence-electron chi connectivity index (χ0n) is 8.19. The van der Waals surface area contributed by atoms with E-state index in [1.165, 1.54) is 0 Å². The average molecular weight is 179 g/mol. The number of rotatable bonds is 1. The van der Waals surface area contributed by atoms with Crippen LogP contribution in [-0.2, 0) is 0 Å². The molecule has 1 radical (unpaired) electrons. The molecule has 0 atom stereocenters. The Balaban J connectivity index is 1.93. The second kappa shape index (κ2) is 3.38. The van der Waals surface area contributed by atoms with Gasteiger partial charge in [-0.3, -0.25) is 0 Å². The minimum absolute atomic E-state index is 1.01. The van der Waals surface area contributed by atoms with Gasteiger partial charge in [0.2, 0.25) is 0 Å². The highest BCUT2D eigenvalue weighted by Gasteiger charge is 2.19. The highest BCUT2D eigenvalue weighted by atomic mass is 15.4. The van der Waals surface area contributed by atoms with Crippen LogP contribution in [0.25, 0.3) is 0 Å². The lowest BCUT2D eigenvalue weighted by Crippen LogP contribution is -2.44. The molecule has 0 amide bonds. The van der Waals surface area contributed by atoms with Gasteiger partial charge < -0.3 is 9.80 Å². The van der Waals surface area contributed by atoms with Crippen molar-refractivity contribution in [1.29, 1.82) is 0 Å². The fraction of sp³-hybridized carbons (Fsp3) is 0.667. The summed E-state index contributed by atoms with van der Waals surface area (Å²) in [6.45, 7) is 6.34. The first-order valence-corrected chi connectivity index (χ1v) is 4.66. The second-order valence-corrected chi connectivity index (χ2v) is 3.63. The van der Waals surface area contributed by atoms with E-state index in [2.05, 4.69) is 27.4 Å². The Kier molecular flexibility index (Phi) is 2.22. The number of hydrogen-bond acceptors (Lipinski definition) is 3. The van der Waals surface area contributed by atoms with Crippen LogP contribution in [-0.4, -0.2) is 48.7 Å². The summed E-state index contributed by atoms with van der Waals surface area (Å²) in [7, 11) is 2.15. The SMILES string of the molecule is CC1=N[N]C(N2CCN(C)CC2)=C1. The molecule has 2 heterocycles. The predicted molar refractivity (Wildman–Crippen MR) is 52.4 cm³/mol. The van der Waals surface area contributed by atoms with Gasteiger partial charge in [0.25, 0.3) is 0 Å². The fourth-order valence-electron chi connectivity index (χ4n) is 1.56. The summed E-state index contributed by atoms with van der Waals surface area (Å²) in [4.78, 5) is 4.62. The van der Waals surface area contributed by atoms with Gasteiger partial charge in [-0.1, -0.05) is 0 Å². The zero-order valence-corrected chi connectivity index (χ0v) is 8.19. The maximum atomic E-state index is 4.12. The molecule has 2 rings (SSSR count). The van der Waals surface area contributed by atoms with Gasteiger partial charge >= 0.3 is 0 Å². The van der Waals surface area contributed by atoms with Gasteiger partial charge in [0.15, 0.2) is 5.82 Å². The third-order valence-electron chi connectivity index (χ3n) is 2.48. The second-order valence-electron chi connectivity index (χ2n) is 3.63. The van der Waals surface area contributed by atoms with Crippen LogP contribution in [0.5, 0.6) is 0 Å². The van der Waals surface area contributed by atoms with E-state index in [-0.39, 0.29) is 0 Å². The van der Waals surface area contributed by atoms with Crippen molar-refractivity contribution in [3.8, 4) is 0 Å². The molecule has 13 heavy (non-hydrogen) atoms. The van der Waals surface area contributed by atoms with E-state index in [0.717, 1.165) is 37.7 Å². The molecule has 0 aromatic rings. The molecule has 1 saturated heterocycles. The summed E-state index contributed by atoms with van der Waals surface area (Å²) in [5, 5.41) is 4.01. The molecule has 0 aromatic heterocycles. The molecule has 1 fully saturated rings. The molecular weight excluding hydrogens is 164 g/mol. The lowest BCUT2D eigenvalue weighted by atomic mass is 10.3. The molecule has 0 unspecified atom stereocenters. The Morgan fingerprint density at radius 2 is 1.92 bits per heavy atom. The van der Waals surface area contributed by atoms with Gasteiger partial charge in [0.1, 0.15) is 0 Å². The number of nitrogens with zero attached hydrogens (tertiary/aromatic N) is 4. The van der Waals surface area contributed by atoms with E-state index in [9.17, 15) is 0 Å². The first kappa shape index (κ1) is 8.56. The zero-order chi connectivity index (χ0) is 9.26. The van der Waals surface area contributed by atoms with Crippen LogP contribution < -0.4 is 5.43 Å². The highest BCUT2D eigenvalue weighted by molar-refractivity contribution is 5.94. The molecule has 4 nitrogen and oxygen atoms in total. The maximum absolute atomic E-state index is 4.12. The summed E-state index contributed by atoms with van der Waals surface area (Å²) in [6.07, 6.45) is 2.05. The molecule has 2 aliphatic heterocycles. The van der Waals surface area contributed by atoms with Crippen LogP contribution in [0.1, 0.15) is 6.92 Å². The number of piperazine rings is 1. The molecule has 0 bridgehead atoms. The molecule has 0 saturated carbocycles. The van der Waals surface area contributed by atoms with Crippen molar-refractivity contribution in [2.75, 3.05) is 33.2 Å². The lowest BCUT2D eigenvalue weighted by molar-refractivity contribution is 0.179. The number of allylic oxidation sites excluding steroid dienone is 1. The average Bonchev–Trinajstić information content (AvgIpc) is 2.53. The van der Waals surface area contributed by atoms with E-state index >= 15 is 0 Å². The third-order valence-corrected chi connectivity index (χ3v) is 2.48. The smallest absolute Gasteiger partial charge is 0.153 e. The van der Waals surface area contributed by atoms with E-state index in [4.69, 9.17) is 0 Å². The molecule has 0 aromatic carbocycles. The first-order chi connectivity index (χ1) is 6.25. The van der Waals surface area contributed by atoms with Crippen molar-refractivity contribution < 1.29 is 0 Å². The van der Waals surface area contributed by atoms with Crippen LogP contribution in [0, 0.1) is 0 Å². The van der Waals surface area contributed by atoms with Crippen LogP contribution >= 0.6 is 0 Å². The van der Waals surface area contributed by atoms with Crippen LogP contribution in [0.15, 0.2) is 17.0 Å². The number of hydrogen-bond donors (Lipinski definition) is 0. The molecule has 2 aliphatic rings. The van der Waals surface area contributed by atoms with Gasteiger partial charge in [-0.25, -0.2) is 0 Å². The van der Waals surface area contributed by atoms with Crippen molar-refractivity contribution in [2.24, 2.45) is 5.10 Å². The Morgan fingerprint density at radius 3 is 2.46 bits per heavy atom. The van der Waals surface area contributed by atoms with Crippen molar-refractivity contribution in [2.45, 2.75) is 6.92 Å². The van der Waals surface area contributed by atoms with Gasteiger partial charge in [-0.2, -0.15) is 5.10 Å². The maximum Gasteiger partial charge on any atom is 0.153 e. The summed E-state index contributed by atoms with van der Waals surface area (Å²) in [5.74, 6) is 1.03. The summed E-state index contributed by atoms with van der Waals surface area (Å²) in [6, 6.07) is 0. The number of likely N-dealkylation sites (N-methyl/N-ethyl adjacent to an activating group) is 1. The van der Waals surface area contributed by atoms with Crippen LogP contribution in [0.3, 0.4) is 0 Å². The van der Waals surface area contributed by atoms with E-state index in [0.29, 0.717) is 0 Å². The minimum atomic E-state index is 1.01. The Hall–Kier alpha value is -1.03. The lowest BCUT2D eigenvalue weighted by Gasteiger charge is -2.33. The summed E-state index contributed by atoms with van der Waals surface area (Å²) in [5.41, 5.74) is 5.13. The van der Waals surface area contributed by atoms with Crippen molar-refractivity contribution in [3.05, 3.63) is 11.9 Å². The van der Waals surface area contributed by atoms with Crippen molar-refractivity contribution in [1.82, 2.24) is 15.2 Å². The minimum Gasteiger partial charge on any atom is -0.353 e. The quantitative estimate of drug-likeness (QED) is 0.570. The van der Waals surface area contributed by atoms with Gasteiger partial charge in [-0.05, 0) is 14.0 Å². The Labute approximate surface area is 78.9 Å². The molecule has 0 N–H and O–H groups in total. The standard InChI is InChI=1S/C9H15N4/c1-8-7-9(11-10-8)13-5-3-12(2)4-6-13/h7H,3-6H2,1-2H3. The van der Waals surface area contributed by atoms with Crippen LogP contribution in [0.4, 0.5) is 0 Å². The highest BCUT2D eigenvalue weighted by Crippen LogP contribution is 2.10. The molecule has 4 heteroatoms. The normalized spacial score (nSPS) is 24.0. The van der Waals surface area contributed by atoms with Crippen molar-refractivity contribution >= 4 is 5.71 Å².